The van der Waals surface area contributed by atoms with Crippen LogP contribution in [0, 0.1) is 11.3 Å². The average molecular weight is 345 g/mol. The maximum Gasteiger partial charge on any atom is 0.258 e. The van der Waals surface area contributed by atoms with E-state index >= 15 is 0 Å². The smallest absolute Gasteiger partial charge is 0.258 e. The Hall–Kier alpha value is -2.73. The quantitative estimate of drug-likeness (QED) is 0.730. The van der Waals surface area contributed by atoms with Crippen LogP contribution in [0.1, 0.15) is 11.1 Å². The summed E-state index contributed by atoms with van der Waals surface area (Å²) in [6.07, 6.45) is 0. The van der Waals surface area contributed by atoms with Gasteiger partial charge in [0.25, 0.3) is 5.91 Å². The molecule has 0 aromatic heterocycles. The Morgan fingerprint density at radius 1 is 1.08 bits per heavy atom. The van der Waals surface area contributed by atoms with E-state index in [1.165, 1.54) is 18.2 Å². The van der Waals surface area contributed by atoms with Gasteiger partial charge in [-0.25, -0.2) is 18.6 Å². The molecule has 0 bridgehead atoms. The molecule has 24 heavy (non-hydrogen) atoms. The highest BCUT2D eigenvalue weighted by Crippen LogP contribution is 2.13. The Bertz CT molecular complexity index is 845. The molecule has 0 saturated heterocycles. The fourth-order valence-corrected chi connectivity index (χ4v) is 2.98. The molecule has 0 aliphatic carbocycles. The molecule has 2 rings (SSSR count). The Kier molecular flexibility index (Phi) is 6.03. The molecule has 124 valence electrons. The molecule has 0 heterocycles. The number of hydrogen-bond acceptors (Lipinski definition) is 5. The molecule has 8 heteroatoms. The summed E-state index contributed by atoms with van der Waals surface area (Å²) in [4.78, 5) is 16.5. The van der Waals surface area contributed by atoms with Crippen LogP contribution in [0.15, 0.2) is 59.5 Å². The lowest BCUT2D eigenvalue weighted by atomic mass is 10.2. The lowest BCUT2D eigenvalue weighted by Gasteiger charge is -2.09. The number of nitrogens with zero attached hydrogens (tertiary/aromatic N) is 1. The van der Waals surface area contributed by atoms with Crippen LogP contribution in [0.3, 0.4) is 0 Å². The maximum absolute atomic E-state index is 12.1. The first kappa shape index (κ1) is 17.6. The second kappa shape index (κ2) is 8.21. The van der Waals surface area contributed by atoms with Gasteiger partial charge in [-0.15, -0.1) is 0 Å². The lowest BCUT2D eigenvalue weighted by Crippen LogP contribution is -2.37. The van der Waals surface area contributed by atoms with E-state index in [0.717, 1.165) is 5.56 Å². The fraction of sp³-hybridized carbons (Fsp3) is 0.125. The summed E-state index contributed by atoms with van der Waals surface area (Å²) in [5, 5.41) is 8.94. The largest absolute Gasteiger partial charge is 0.271 e. The van der Waals surface area contributed by atoms with Crippen molar-refractivity contribution in [1.82, 2.24) is 10.2 Å². The first-order chi connectivity index (χ1) is 11.5. The fourth-order valence-electron chi connectivity index (χ4n) is 1.84. The number of nitrogens with one attached hydrogen (secondary N) is 2. The third-order valence-corrected chi connectivity index (χ3v) is 4.45. The monoisotopic (exact) mass is 345 g/mol. The third-order valence-electron chi connectivity index (χ3n) is 2.99. The van der Waals surface area contributed by atoms with Gasteiger partial charge in [0.1, 0.15) is 6.07 Å². The van der Waals surface area contributed by atoms with Gasteiger partial charge in [-0.3, -0.25) is 9.63 Å². The molecule has 0 spiro atoms. The number of carbonyl (C=O) groups is 1. The highest BCUT2D eigenvalue weighted by atomic mass is 32.2. The minimum atomic E-state index is -3.96. The summed E-state index contributed by atoms with van der Waals surface area (Å²) in [7, 11) is -3.96. The van der Waals surface area contributed by atoms with Crippen LogP contribution < -0.4 is 10.2 Å². The van der Waals surface area contributed by atoms with E-state index in [9.17, 15) is 13.2 Å². The van der Waals surface area contributed by atoms with Crippen LogP contribution in [0.4, 0.5) is 0 Å². The van der Waals surface area contributed by atoms with Crippen molar-refractivity contribution in [3.8, 4) is 6.07 Å². The van der Waals surface area contributed by atoms with Crippen LogP contribution >= 0.6 is 0 Å². The van der Waals surface area contributed by atoms with Crippen LogP contribution in [-0.4, -0.2) is 20.9 Å². The maximum atomic E-state index is 12.1. The van der Waals surface area contributed by atoms with Gasteiger partial charge < -0.3 is 0 Å². The van der Waals surface area contributed by atoms with Gasteiger partial charge in [-0.2, -0.15) is 5.26 Å². The van der Waals surface area contributed by atoms with E-state index in [4.69, 9.17) is 10.1 Å². The molecule has 0 unspecified atom stereocenters. The minimum Gasteiger partial charge on any atom is -0.271 e. The molecule has 0 aliphatic heterocycles. The Labute approximate surface area is 139 Å². The normalized spacial score (nSPS) is 10.8. The second-order valence-corrected chi connectivity index (χ2v) is 6.47. The topological polar surface area (TPSA) is 108 Å². The Morgan fingerprint density at radius 3 is 2.46 bits per heavy atom. The van der Waals surface area contributed by atoms with Crippen molar-refractivity contribution >= 4 is 15.9 Å². The lowest BCUT2D eigenvalue weighted by molar-refractivity contribution is -0.133. The number of hydroxylamine groups is 1. The van der Waals surface area contributed by atoms with Crippen LogP contribution in [0.25, 0.3) is 0 Å². The summed E-state index contributed by atoms with van der Waals surface area (Å²) < 4.78 is 26.4. The van der Waals surface area contributed by atoms with E-state index < -0.39 is 22.5 Å². The average Bonchev–Trinajstić information content (AvgIpc) is 2.61. The Balaban J connectivity index is 1.86. The van der Waals surface area contributed by atoms with Crippen LogP contribution in [-0.2, 0) is 26.3 Å². The van der Waals surface area contributed by atoms with E-state index in [2.05, 4.69) is 10.2 Å². The zero-order valence-corrected chi connectivity index (χ0v) is 13.4. The second-order valence-electron chi connectivity index (χ2n) is 4.73. The number of benzene rings is 2. The van der Waals surface area contributed by atoms with E-state index in [-0.39, 0.29) is 17.1 Å². The van der Waals surface area contributed by atoms with Gasteiger partial charge in [0, 0.05) is 0 Å². The zero-order chi connectivity index (χ0) is 17.4. The molecular weight excluding hydrogens is 330 g/mol. The number of carbonyl (C=O) groups excluding carboxylic acids is 1. The Morgan fingerprint density at radius 2 is 1.75 bits per heavy atom. The van der Waals surface area contributed by atoms with E-state index in [0.29, 0.717) is 0 Å². The van der Waals surface area contributed by atoms with Crippen molar-refractivity contribution in [1.29, 1.82) is 5.26 Å². The first-order valence-electron chi connectivity index (χ1n) is 6.96. The van der Waals surface area contributed by atoms with Crippen molar-refractivity contribution in [2.24, 2.45) is 0 Å². The van der Waals surface area contributed by atoms with Crippen LogP contribution in [0.2, 0.25) is 0 Å². The predicted octanol–water partition coefficient (Wildman–Crippen LogP) is 1.08. The predicted molar refractivity (Wildman–Crippen MR) is 85.7 cm³/mol. The van der Waals surface area contributed by atoms with E-state index in [1.54, 1.807) is 12.1 Å². The molecule has 2 aromatic rings. The third kappa shape index (κ3) is 4.89. The molecule has 0 fully saturated rings. The first-order valence-corrected chi connectivity index (χ1v) is 8.44. The van der Waals surface area contributed by atoms with Gasteiger partial charge >= 0.3 is 0 Å². The number of rotatable bonds is 7. The van der Waals surface area contributed by atoms with Gasteiger partial charge in [0.2, 0.25) is 10.0 Å². The highest BCUT2D eigenvalue weighted by Gasteiger charge is 2.19. The number of hydrogen-bond donors (Lipinski definition) is 2. The summed E-state index contributed by atoms with van der Waals surface area (Å²) in [5.41, 5.74) is 3.02. The SMILES string of the molecule is N#Cc1ccccc1S(=O)(=O)NCC(=O)NOCc1ccccc1. The van der Waals surface area contributed by atoms with Crippen molar-refractivity contribution < 1.29 is 18.0 Å². The zero-order valence-electron chi connectivity index (χ0n) is 12.6. The van der Waals surface area contributed by atoms with E-state index in [1.807, 2.05) is 30.3 Å². The molecule has 0 atom stereocenters. The minimum absolute atomic E-state index is 0.00531. The molecular formula is C16H15N3O4S. The summed E-state index contributed by atoms with van der Waals surface area (Å²) in [6, 6.07) is 16.7. The van der Waals surface area contributed by atoms with Gasteiger partial charge in [0.05, 0.1) is 23.6 Å². The number of sulfonamides is 1. The highest BCUT2D eigenvalue weighted by molar-refractivity contribution is 7.89. The molecule has 0 radical (unpaired) electrons. The summed E-state index contributed by atoms with van der Waals surface area (Å²) >= 11 is 0. The molecule has 0 saturated carbocycles. The van der Waals surface area contributed by atoms with Crippen molar-refractivity contribution in [3.63, 3.8) is 0 Å². The number of amides is 1. The van der Waals surface area contributed by atoms with Gasteiger partial charge in [-0.05, 0) is 17.7 Å². The van der Waals surface area contributed by atoms with Gasteiger partial charge in [-0.1, -0.05) is 42.5 Å². The molecule has 2 N–H and O–H groups in total. The summed E-state index contributed by atoms with van der Waals surface area (Å²) in [5.74, 6) is -0.649. The molecule has 0 aliphatic rings. The van der Waals surface area contributed by atoms with Crippen LogP contribution in [0.5, 0.6) is 0 Å². The molecule has 2 aromatic carbocycles. The standard InChI is InChI=1S/C16H15N3O4S/c17-10-14-8-4-5-9-15(14)24(21,22)18-11-16(20)19-23-12-13-6-2-1-3-7-13/h1-9,18H,11-12H2,(H,19,20). The van der Waals surface area contributed by atoms with Crippen molar-refractivity contribution in [2.75, 3.05) is 6.54 Å². The van der Waals surface area contributed by atoms with Crippen molar-refractivity contribution in [3.05, 3.63) is 65.7 Å². The molecule has 1 amide bonds. The van der Waals surface area contributed by atoms with Crippen molar-refractivity contribution in [2.45, 2.75) is 11.5 Å². The number of nitriles is 1. The molecule has 7 nitrogen and oxygen atoms in total. The van der Waals surface area contributed by atoms with Gasteiger partial charge in [0.15, 0.2) is 0 Å². The summed E-state index contributed by atoms with van der Waals surface area (Å²) in [6.45, 7) is -0.340.